The maximum atomic E-state index is 11.4. The number of rotatable bonds is 5. The molecule has 1 aromatic heterocycles. The van der Waals surface area contributed by atoms with Crippen molar-refractivity contribution < 1.29 is 9.90 Å². The van der Waals surface area contributed by atoms with Crippen LogP contribution in [0.4, 0.5) is 0 Å². The largest absolute Gasteiger partial charge is 0.478 e. The number of carboxylic acid groups (broad SMARTS) is 1. The fourth-order valence-electron chi connectivity index (χ4n) is 1.99. The highest BCUT2D eigenvalue weighted by Gasteiger charge is 2.10. The molecule has 1 aromatic carbocycles. The van der Waals surface area contributed by atoms with Crippen molar-refractivity contribution in [2.24, 2.45) is 0 Å². The zero-order valence-electron chi connectivity index (χ0n) is 10.9. The Kier molecular flexibility index (Phi) is 4.18. The van der Waals surface area contributed by atoms with Crippen molar-refractivity contribution in [3.05, 3.63) is 59.9 Å². The fraction of sp³-hybridized carbons (Fsp3) is 0.188. The number of carboxylic acids is 1. The third-order valence-corrected chi connectivity index (χ3v) is 2.88. The average Bonchev–Trinajstić information content (AvgIpc) is 2.85. The van der Waals surface area contributed by atoms with E-state index in [2.05, 4.69) is 11.5 Å². The van der Waals surface area contributed by atoms with E-state index in [0.717, 1.165) is 24.1 Å². The van der Waals surface area contributed by atoms with Crippen molar-refractivity contribution >= 4 is 17.6 Å². The summed E-state index contributed by atoms with van der Waals surface area (Å²) in [4.78, 5) is 11.4. The SMILES string of the molecule is CCCn1ccc(C=C(C(=O)O)c2ccccc2)c1. The van der Waals surface area contributed by atoms with E-state index in [1.807, 2.05) is 48.8 Å². The van der Waals surface area contributed by atoms with Gasteiger partial charge in [0.15, 0.2) is 0 Å². The number of aryl methyl sites for hydroxylation is 1. The van der Waals surface area contributed by atoms with E-state index in [0.29, 0.717) is 5.57 Å². The Morgan fingerprint density at radius 3 is 2.63 bits per heavy atom. The summed E-state index contributed by atoms with van der Waals surface area (Å²) < 4.78 is 2.07. The molecule has 3 heteroatoms. The van der Waals surface area contributed by atoms with Gasteiger partial charge in [0.05, 0.1) is 5.57 Å². The van der Waals surface area contributed by atoms with Gasteiger partial charge in [0.2, 0.25) is 0 Å². The highest BCUT2D eigenvalue weighted by atomic mass is 16.4. The van der Waals surface area contributed by atoms with Crippen LogP contribution in [0.3, 0.4) is 0 Å². The number of carbonyl (C=O) groups is 1. The molecule has 0 spiro atoms. The van der Waals surface area contributed by atoms with Crippen molar-refractivity contribution in [3.63, 3.8) is 0 Å². The maximum absolute atomic E-state index is 11.4. The second-order valence-corrected chi connectivity index (χ2v) is 4.41. The van der Waals surface area contributed by atoms with Crippen LogP contribution in [0, 0.1) is 0 Å². The molecule has 0 aliphatic heterocycles. The van der Waals surface area contributed by atoms with Gasteiger partial charge in [0, 0.05) is 18.9 Å². The van der Waals surface area contributed by atoms with Gasteiger partial charge in [-0.15, -0.1) is 0 Å². The predicted molar refractivity (Wildman–Crippen MR) is 76.7 cm³/mol. The van der Waals surface area contributed by atoms with Crippen LogP contribution in [0.5, 0.6) is 0 Å². The molecule has 2 rings (SSSR count). The Bertz CT molecular complexity index is 582. The second-order valence-electron chi connectivity index (χ2n) is 4.41. The van der Waals surface area contributed by atoms with E-state index < -0.39 is 5.97 Å². The van der Waals surface area contributed by atoms with Crippen LogP contribution in [0.1, 0.15) is 24.5 Å². The first-order valence-electron chi connectivity index (χ1n) is 6.37. The number of aliphatic carboxylic acids is 1. The molecular weight excluding hydrogens is 238 g/mol. The minimum absolute atomic E-state index is 0.315. The van der Waals surface area contributed by atoms with Crippen LogP contribution >= 0.6 is 0 Å². The standard InChI is InChI=1S/C16H17NO2/c1-2-9-17-10-8-13(12-17)11-15(16(18)19)14-6-4-3-5-7-14/h3-8,10-12H,2,9H2,1H3,(H,18,19). The van der Waals surface area contributed by atoms with Crippen molar-refractivity contribution in [2.45, 2.75) is 19.9 Å². The highest BCUT2D eigenvalue weighted by molar-refractivity contribution is 6.20. The first-order chi connectivity index (χ1) is 9.20. The molecule has 0 aliphatic rings. The molecule has 0 saturated heterocycles. The summed E-state index contributed by atoms with van der Waals surface area (Å²) >= 11 is 0. The Balaban J connectivity index is 2.33. The Morgan fingerprint density at radius 2 is 2.00 bits per heavy atom. The average molecular weight is 255 g/mol. The van der Waals surface area contributed by atoms with Crippen LogP contribution in [-0.2, 0) is 11.3 Å². The molecule has 3 nitrogen and oxygen atoms in total. The number of aromatic nitrogens is 1. The van der Waals surface area contributed by atoms with Gasteiger partial charge in [-0.1, -0.05) is 37.3 Å². The van der Waals surface area contributed by atoms with Crippen LogP contribution in [0.2, 0.25) is 0 Å². The minimum Gasteiger partial charge on any atom is -0.478 e. The first-order valence-corrected chi connectivity index (χ1v) is 6.37. The van der Waals surface area contributed by atoms with Gasteiger partial charge in [-0.3, -0.25) is 0 Å². The number of hydrogen-bond donors (Lipinski definition) is 1. The van der Waals surface area contributed by atoms with E-state index in [1.165, 1.54) is 0 Å². The van der Waals surface area contributed by atoms with Crippen LogP contribution in [-0.4, -0.2) is 15.6 Å². The van der Waals surface area contributed by atoms with E-state index in [9.17, 15) is 9.90 Å². The zero-order chi connectivity index (χ0) is 13.7. The monoisotopic (exact) mass is 255 g/mol. The third kappa shape index (κ3) is 3.35. The Morgan fingerprint density at radius 1 is 1.26 bits per heavy atom. The van der Waals surface area contributed by atoms with Crippen molar-refractivity contribution in [2.75, 3.05) is 0 Å². The molecule has 0 amide bonds. The van der Waals surface area contributed by atoms with Gasteiger partial charge < -0.3 is 9.67 Å². The van der Waals surface area contributed by atoms with Gasteiger partial charge in [0.25, 0.3) is 0 Å². The summed E-state index contributed by atoms with van der Waals surface area (Å²) in [7, 11) is 0. The third-order valence-electron chi connectivity index (χ3n) is 2.88. The van der Waals surface area contributed by atoms with Gasteiger partial charge in [-0.2, -0.15) is 0 Å². The predicted octanol–water partition coefficient (Wildman–Crippen LogP) is 3.52. The lowest BCUT2D eigenvalue weighted by Gasteiger charge is -2.02. The molecule has 0 radical (unpaired) electrons. The van der Waals surface area contributed by atoms with Gasteiger partial charge in [0.1, 0.15) is 0 Å². The van der Waals surface area contributed by atoms with E-state index in [-0.39, 0.29) is 0 Å². The van der Waals surface area contributed by atoms with E-state index in [4.69, 9.17) is 0 Å². The molecule has 19 heavy (non-hydrogen) atoms. The van der Waals surface area contributed by atoms with Crippen molar-refractivity contribution in [3.8, 4) is 0 Å². The van der Waals surface area contributed by atoms with Crippen LogP contribution < -0.4 is 0 Å². The first kappa shape index (κ1) is 13.1. The second kappa shape index (κ2) is 6.05. The van der Waals surface area contributed by atoms with E-state index in [1.54, 1.807) is 6.08 Å². The molecule has 1 N–H and O–H groups in total. The lowest BCUT2D eigenvalue weighted by atomic mass is 10.0. The molecule has 0 atom stereocenters. The van der Waals surface area contributed by atoms with Gasteiger partial charge >= 0.3 is 5.97 Å². The Labute approximate surface area is 112 Å². The molecule has 2 aromatic rings. The maximum Gasteiger partial charge on any atom is 0.336 e. The number of benzene rings is 1. The number of nitrogens with zero attached hydrogens (tertiary/aromatic N) is 1. The molecule has 0 saturated carbocycles. The summed E-state index contributed by atoms with van der Waals surface area (Å²) in [6, 6.07) is 11.1. The molecule has 1 heterocycles. The summed E-state index contributed by atoms with van der Waals surface area (Å²) in [6.45, 7) is 3.06. The lowest BCUT2D eigenvalue weighted by Crippen LogP contribution is -1.99. The summed E-state index contributed by atoms with van der Waals surface area (Å²) in [6.07, 6.45) is 6.71. The number of hydrogen-bond acceptors (Lipinski definition) is 1. The quantitative estimate of drug-likeness (QED) is 0.830. The minimum atomic E-state index is -0.908. The molecule has 0 aliphatic carbocycles. The molecule has 0 bridgehead atoms. The van der Waals surface area contributed by atoms with Gasteiger partial charge in [-0.25, -0.2) is 4.79 Å². The highest BCUT2D eigenvalue weighted by Crippen LogP contribution is 2.18. The summed E-state index contributed by atoms with van der Waals surface area (Å²) in [5.41, 5.74) is 1.95. The molecular formula is C16H17NO2. The lowest BCUT2D eigenvalue weighted by molar-refractivity contribution is -0.130. The Hall–Kier alpha value is -2.29. The fourth-order valence-corrected chi connectivity index (χ4v) is 1.99. The van der Waals surface area contributed by atoms with Crippen LogP contribution in [0.15, 0.2) is 48.8 Å². The van der Waals surface area contributed by atoms with E-state index >= 15 is 0 Å². The van der Waals surface area contributed by atoms with Gasteiger partial charge in [-0.05, 0) is 29.7 Å². The van der Waals surface area contributed by atoms with Crippen molar-refractivity contribution in [1.82, 2.24) is 4.57 Å². The molecule has 98 valence electrons. The summed E-state index contributed by atoms with van der Waals surface area (Å²) in [5.74, 6) is -0.908. The normalized spacial score (nSPS) is 11.5. The topological polar surface area (TPSA) is 42.2 Å². The van der Waals surface area contributed by atoms with Crippen molar-refractivity contribution in [1.29, 1.82) is 0 Å². The van der Waals surface area contributed by atoms with Crippen LogP contribution in [0.25, 0.3) is 11.6 Å². The smallest absolute Gasteiger partial charge is 0.336 e. The molecule has 0 fully saturated rings. The molecule has 0 unspecified atom stereocenters. The summed E-state index contributed by atoms with van der Waals surface area (Å²) in [5, 5.41) is 9.32. The zero-order valence-corrected chi connectivity index (χ0v) is 10.9.